The Bertz CT molecular complexity index is 1270. The predicted molar refractivity (Wildman–Crippen MR) is 145 cm³/mol. The third-order valence-electron chi connectivity index (χ3n) is 5.09. The lowest BCUT2D eigenvalue weighted by atomic mass is 10.1. The van der Waals surface area contributed by atoms with Crippen LogP contribution in [0.3, 0.4) is 0 Å². The number of carbonyl (C=O) groups excluding carboxylic acids is 1. The molecule has 1 aliphatic heterocycles. The lowest BCUT2D eigenvalue weighted by molar-refractivity contribution is -0.115. The molecule has 1 aliphatic rings. The van der Waals surface area contributed by atoms with Crippen LogP contribution >= 0.6 is 27.7 Å². The van der Waals surface area contributed by atoms with Gasteiger partial charge in [0.25, 0.3) is 5.91 Å². The van der Waals surface area contributed by atoms with E-state index in [4.69, 9.17) is 14.2 Å². The van der Waals surface area contributed by atoms with Gasteiger partial charge in [0, 0.05) is 0 Å². The molecule has 0 spiro atoms. The number of rotatable bonds is 8. The van der Waals surface area contributed by atoms with Crippen LogP contribution in [0.4, 0.5) is 5.69 Å². The number of nitrogens with zero attached hydrogens (tertiary/aromatic N) is 1. The van der Waals surface area contributed by atoms with Crippen LogP contribution in [0, 0.1) is 6.92 Å². The largest absolute Gasteiger partial charge is 0.497 e. The molecule has 0 unspecified atom stereocenters. The van der Waals surface area contributed by atoms with E-state index >= 15 is 0 Å². The van der Waals surface area contributed by atoms with Crippen LogP contribution in [-0.4, -0.2) is 24.8 Å². The van der Waals surface area contributed by atoms with Crippen LogP contribution in [-0.2, 0) is 11.4 Å². The highest BCUT2D eigenvalue weighted by Crippen LogP contribution is 2.39. The van der Waals surface area contributed by atoms with Gasteiger partial charge in [0.1, 0.15) is 12.4 Å². The number of benzene rings is 3. The number of hydrogen-bond acceptors (Lipinski definition) is 6. The lowest BCUT2D eigenvalue weighted by Crippen LogP contribution is -2.19. The number of hydrogen-bond donors (Lipinski definition) is 1. The fourth-order valence-electron chi connectivity index (χ4n) is 3.32. The van der Waals surface area contributed by atoms with Gasteiger partial charge < -0.3 is 19.5 Å². The van der Waals surface area contributed by atoms with Gasteiger partial charge in [-0.2, -0.15) is 0 Å². The Balaban J connectivity index is 1.53. The first-order valence-corrected chi connectivity index (χ1v) is 12.6. The normalized spacial score (nSPS) is 15.4. The van der Waals surface area contributed by atoms with Crippen molar-refractivity contribution in [2.24, 2.45) is 4.99 Å². The molecule has 0 radical (unpaired) electrons. The maximum Gasteiger partial charge on any atom is 0.264 e. The molecule has 4 rings (SSSR count). The lowest BCUT2D eigenvalue weighted by Gasteiger charge is -2.15. The quantitative estimate of drug-likeness (QED) is 0.317. The smallest absolute Gasteiger partial charge is 0.264 e. The minimum Gasteiger partial charge on any atom is -0.497 e. The van der Waals surface area contributed by atoms with Crippen LogP contribution < -0.4 is 19.5 Å². The van der Waals surface area contributed by atoms with E-state index in [1.165, 1.54) is 17.3 Å². The maximum atomic E-state index is 12.6. The number of aryl methyl sites for hydroxylation is 1. The molecule has 3 aromatic carbocycles. The molecular weight excluding hydrogens is 528 g/mol. The highest BCUT2D eigenvalue weighted by Gasteiger charge is 2.24. The van der Waals surface area contributed by atoms with Crippen molar-refractivity contribution in [1.29, 1.82) is 0 Å². The summed E-state index contributed by atoms with van der Waals surface area (Å²) in [6, 6.07) is 19.3. The Kier molecular flexibility index (Phi) is 8.15. The predicted octanol–water partition coefficient (Wildman–Crippen LogP) is 6.64. The number of amides is 1. The highest BCUT2D eigenvalue weighted by atomic mass is 79.9. The van der Waals surface area contributed by atoms with Crippen molar-refractivity contribution < 1.29 is 19.0 Å². The van der Waals surface area contributed by atoms with Crippen molar-refractivity contribution in [3.63, 3.8) is 0 Å². The fourth-order valence-corrected chi connectivity index (χ4v) is 4.74. The van der Waals surface area contributed by atoms with E-state index in [1.807, 2.05) is 61.5 Å². The van der Waals surface area contributed by atoms with Crippen molar-refractivity contribution >= 4 is 50.5 Å². The van der Waals surface area contributed by atoms with Gasteiger partial charge in [-0.15, -0.1) is 0 Å². The van der Waals surface area contributed by atoms with Gasteiger partial charge in [-0.3, -0.25) is 4.79 Å². The summed E-state index contributed by atoms with van der Waals surface area (Å²) in [6.45, 7) is 4.88. The van der Waals surface area contributed by atoms with Crippen LogP contribution in [0.15, 0.2) is 75.0 Å². The van der Waals surface area contributed by atoms with E-state index in [9.17, 15) is 4.79 Å². The minimum atomic E-state index is -0.198. The fraction of sp³-hybridized carbons (Fsp3) is 0.185. The summed E-state index contributed by atoms with van der Waals surface area (Å²) in [7, 11) is 1.61. The average Bonchev–Trinajstić information content (AvgIpc) is 3.18. The minimum absolute atomic E-state index is 0.198. The molecule has 0 aromatic heterocycles. The zero-order chi connectivity index (χ0) is 24.8. The SMILES string of the molecule is CCOc1cc(/C=C2/SC(=Nc3ccc(OC)cc3)NC2=O)cc(Br)c1OCc1ccc(C)cc1. The summed E-state index contributed by atoms with van der Waals surface area (Å²) in [6.07, 6.45) is 1.81. The van der Waals surface area contributed by atoms with Gasteiger partial charge in [-0.25, -0.2) is 4.99 Å². The first kappa shape index (κ1) is 24.9. The maximum absolute atomic E-state index is 12.6. The van der Waals surface area contributed by atoms with Crippen molar-refractivity contribution in [3.8, 4) is 17.2 Å². The average molecular weight is 553 g/mol. The molecule has 3 aromatic rings. The summed E-state index contributed by atoms with van der Waals surface area (Å²) in [5, 5.41) is 3.34. The standard InChI is InChI=1S/C27H25BrN2O4S/c1-4-33-23-14-19(13-22(28)25(23)34-16-18-7-5-17(2)6-8-18)15-24-26(31)30-27(35-24)29-20-9-11-21(32-3)12-10-20/h5-15H,4,16H2,1-3H3,(H,29,30,31)/b24-15+. The molecule has 0 saturated carbocycles. The zero-order valence-corrected chi connectivity index (χ0v) is 22.0. The molecule has 0 bridgehead atoms. The van der Waals surface area contributed by atoms with Gasteiger partial charge in [0.05, 0.1) is 28.8 Å². The first-order valence-electron chi connectivity index (χ1n) is 11.0. The Labute approximate surface area is 217 Å². The molecule has 1 saturated heterocycles. The summed E-state index contributed by atoms with van der Waals surface area (Å²) in [5.41, 5.74) is 3.81. The molecule has 0 aliphatic carbocycles. The molecule has 1 amide bonds. The molecule has 35 heavy (non-hydrogen) atoms. The Morgan fingerprint density at radius 3 is 2.49 bits per heavy atom. The van der Waals surface area contributed by atoms with E-state index in [2.05, 4.69) is 45.3 Å². The van der Waals surface area contributed by atoms with Crippen molar-refractivity contribution in [2.45, 2.75) is 20.5 Å². The van der Waals surface area contributed by atoms with Crippen molar-refractivity contribution in [3.05, 3.63) is 86.7 Å². The first-order chi connectivity index (χ1) is 16.9. The number of ether oxygens (including phenoxy) is 3. The molecule has 8 heteroatoms. The number of methoxy groups -OCH3 is 1. The van der Waals surface area contributed by atoms with E-state index in [-0.39, 0.29) is 5.91 Å². The third kappa shape index (κ3) is 6.46. The van der Waals surface area contributed by atoms with Crippen LogP contribution in [0.25, 0.3) is 6.08 Å². The summed E-state index contributed by atoms with van der Waals surface area (Å²) in [4.78, 5) is 17.6. The molecule has 1 N–H and O–H groups in total. The number of carbonyl (C=O) groups is 1. The second-order valence-electron chi connectivity index (χ2n) is 7.72. The Hall–Kier alpha value is -3.23. The summed E-state index contributed by atoms with van der Waals surface area (Å²) in [5.74, 6) is 1.78. The van der Waals surface area contributed by atoms with Crippen LogP contribution in [0.5, 0.6) is 17.2 Å². The summed E-state index contributed by atoms with van der Waals surface area (Å²) >= 11 is 4.90. The molecule has 1 fully saturated rings. The van der Waals surface area contributed by atoms with Crippen LogP contribution in [0.2, 0.25) is 0 Å². The third-order valence-corrected chi connectivity index (χ3v) is 6.59. The number of aliphatic imine (C=N–C) groups is 1. The zero-order valence-electron chi connectivity index (χ0n) is 19.6. The molecule has 6 nitrogen and oxygen atoms in total. The van der Waals surface area contributed by atoms with E-state index in [0.717, 1.165) is 27.0 Å². The highest BCUT2D eigenvalue weighted by molar-refractivity contribution is 9.10. The van der Waals surface area contributed by atoms with Crippen molar-refractivity contribution in [1.82, 2.24) is 5.32 Å². The monoisotopic (exact) mass is 552 g/mol. The number of halogens is 1. The van der Waals surface area contributed by atoms with Crippen molar-refractivity contribution in [2.75, 3.05) is 13.7 Å². The number of amidine groups is 1. The Morgan fingerprint density at radius 2 is 1.80 bits per heavy atom. The second kappa shape index (κ2) is 11.5. The summed E-state index contributed by atoms with van der Waals surface area (Å²) < 4.78 is 17.9. The van der Waals surface area contributed by atoms with Crippen LogP contribution in [0.1, 0.15) is 23.6 Å². The second-order valence-corrected chi connectivity index (χ2v) is 9.60. The molecule has 0 atom stereocenters. The van der Waals surface area contributed by atoms with E-state index < -0.39 is 0 Å². The molecule has 180 valence electrons. The van der Waals surface area contributed by atoms with Gasteiger partial charge >= 0.3 is 0 Å². The Morgan fingerprint density at radius 1 is 1.06 bits per heavy atom. The number of nitrogens with one attached hydrogen (secondary N) is 1. The van der Waals surface area contributed by atoms with Gasteiger partial charge in [-0.1, -0.05) is 29.8 Å². The topological polar surface area (TPSA) is 69.2 Å². The van der Waals surface area contributed by atoms with E-state index in [1.54, 1.807) is 7.11 Å². The van der Waals surface area contributed by atoms with E-state index in [0.29, 0.717) is 34.8 Å². The van der Waals surface area contributed by atoms with Gasteiger partial charge in [-0.05, 0) is 95.1 Å². The molecule has 1 heterocycles. The van der Waals surface area contributed by atoms with Gasteiger partial charge in [0.15, 0.2) is 16.7 Å². The molecular formula is C27H25BrN2O4S. The number of thioether (sulfide) groups is 1. The van der Waals surface area contributed by atoms with Gasteiger partial charge in [0.2, 0.25) is 0 Å².